The summed E-state index contributed by atoms with van der Waals surface area (Å²) in [7, 11) is 0. The van der Waals surface area contributed by atoms with Crippen molar-refractivity contribution in [1.82, 2.24) is 5.43 Å². The molecule has 4 nitrogen and oxygen atoms in total. The van der Waals surface area contributed by atoms with Crippen LogP contribution in [0.4, 0.5) is 0 Å². The van der Waals surface area contributed by atoms with Crippen molar-refractivity contribution in [3.8, 4) is 11.5 Å². The number of hydrazone groups is 1. The molecule has 0 aliphatic rings. The molecule has 0 saturated carbocycles. The monoisotopic (exact) mass is 338 g/mol. The second-order valence-corrected chi connectivity index (χ2v) is 5.27. The molecule has 0 bridgehead atoms. The first kappa shape index (κ1) is 16.5. The smallest absolute Gasteiger partial charge is 0.161 e. The molecule has 0 atom stereocenters. The molecule has 6 heteroatoms. The minimum absolute atomic E-state index is 0.106. The molecule has 2 N–H and O–H groups in total. The Morgan fingerprint density at radius 3 is 2.64 bits per heavy atom. The van der Waals surface area contributed by atoms with Gasteiger partial charge in [0, 0.05) is 15.6 Å². The van der Waals surface area contributed by atoms with Crippen LogP contribution in [-0.4, -0.2) is 17.9 Å². The van der Waals surface area contributed by atoms with Gasteiger partial charge in [-0.3, -0.25) is 0 Å². The Kier molecular flexibility index (Phi) is 5.92. The van der Waals surface area contributed by atoms with Crippen LogP contribution in [0.1, 0.15) is 18.1 Å². The van der Waals surface area contributed by atoms with E-state index in [1.807, 2.05) is 6.92 Å². The van der Waals surface area contributed by atoms with Gasteiger partial charge in [0.05, 0.1) is 19.4 Å². The number of rotatable bonds is 6. The first-order chi connectivity index (χ1) is 10.6. The van der Waals surface area contributed by atoms with E-state index in [1.165, 1.54) is 0 Å². The Bertz CT molecular complexity index is 655. The van der Waals surface area contributed by atoms with Crippen LogP contribution in [0.2, 0.25) is 10.0 Å². The topological polar surface area (TPSA) is 53.8 Å². The molecule has 2 rings (SSSR count). The molecule has 0 saturated heterocycles. The van der Waals surface area contributed by atoms with Gasteiger partial charge < -0.3 is 15.3 Å². The Hall–Kier alpha value is -1.91. The summed E-state index contributed by atoms with van der Waals surface area (Å²) in [5, 5.41) is 14.9. The molecule has 2 aromatic rings. The summed E-state index contributed by atoms with van der Waals surface area (Å²) >= 11 is 12.2. The zero-order valence-electron chi connectivity index (χ0n) is 12.0. The SMILES string of the molecule is CCOc1cc(/C=N\NCc2c(Cl)cccc2Cl)ccc1O. The second kappa shape index (κ2) is 7.92. The van der Waals surface area contributed by atoms with Crippen LogP contribution in [0.15, 0.2) is 41.5 Å². The van der Waals surface area contributed by atoms with Gasteiger partial charge in [-0.2, -0.15) is 5.10 Å². The molecule has 0 aliphatic heterocycles. The molecule has 0 spiro atoms. The third-order valence-corrected chi connectivity index (χ3v) is 3.61. The number of benzene rings is 2. The summed E-state index contributed by atoms with van der Waals surface area (Å²) in [4.78, 5) is 0. The van der Waals surface area contributed by atoms with Gasteiger partial charge in [0.15, 0.2) is 11.5 Å². The largest absolute Gasteiger partial charge is 0.504 e. The van der Waals surface area contributed by atoms with Gasteiger partial charge in [-0.15, -0.1) is 0 Å². The number of nitrogens with one attached hydrogen (secondary N) is 1. The Morgan fingerprint density at radius 2 is 1.95 bits per heavy atom. The van der Waals surface area contributed by atoms with E-state index in [-0.39, 0.29) is 5.75 Å². The molecule has 2 aromatic carbocycles. The maximum atomic E-state index is 9.63. The molecular weight excluding hydrogens is 323 g/mol. The average Bonchev–Trinajstić information content (AvgIpc) is 2.49. The lowest BCUT2D eigenvalue weighted by molar-refractivity contribution is 0.318. The highest BCUT2D eigenvalue weighted by atomic mass is 35.5. The van der Waals surface area contributed by atoms with E-state index < -0.39 is 0 Å². The summed E-state index contributed by atoms with van der Waals surface area (Å²) in [5.74, 6) is 0.537. The van der Waals surface area contributed by atoms with E-state index in [0.717, 1.165) is 11.1 Å². The molecule has 0 heterocycles. The molecule has 22 heavy (non-hydrogen) atoms. The third kappa shape index (κ3) is 4.29. The average molecular weight is 339 g/mol. The van der Waals surface area contributed by atoms with Crippen molar-refractivity contribution in [2.75, 3.05) is 6.61 Å². The van der Waals surface area contributed by atoms with Gasteiger partial charge in [0.2, 0.25) is 0 Å². The normalized spacial score (nSPS) is 10.9. The Labute approximate surface area is 139 Å². The molecule has 0 amide bonds. The fourth-order valence-electron chi connectivity index (χ4n) is 1.83. The second-order valence-electron chi connectivity index (χ2n) is 4.45. The van der Waals surface area contributed by atoms with E-state index in [9.17, 15) is 5.11 Å². The van der Waals surface area contributed by atoms with Gasteiger partial charge in [0.25, 0.3) is 0 Å². The number of hydrogen-bond acceptors (Lipinski definition) is 4. The fraction of sp³-hybridized carbons (Fsp3) is 0.188. The predicted octanol–water partition coefficient (Wildman–Crippen LogP) is 4.22. The highest BCUT2D eigenvalue weighted by Gasteiger charge is 2.04. The van der Waals surface area contributed by atoms with Crippen molar-refractivity contribution in [1.29, 1.82) is 0 Å². The van der Waals surface area contributed by atoms with E-state index >= 15 is 0 Å². The highest BCUT2D eigenvalue weighted by molar-refractivity contribution is 6.35. The van der Waals surface area contributed by atoms with Gasteiger partial charge in [0.1, 0.15) is 0 Å². The molecule has 116 valence electrons. The zero-order valence-corrected chi connectivity index (χ0v) is 13.5. The van der Waals surface area contributed by atoms with Crippen molar-refractivity contribution < 1.29 is 9.84 Å². The van der Waals surface area contributed by atoms with Crippen molar-refractivity contribution in [2.45, 2.75) is 13.5 Å². The van der Waals surface area contributed by atoms with E-state index in [4.69, 9.17) is 27.9 Å². The van der Waals surface area contributed by atoms with Gasteiger partial charge in [-0.05, 0) is 42.8 Å². The molecule has 0 aliphatic carbocycles. The van der Waals surface area contributed by atoms with Crippen molar-refractivity contribution in [2.24, 2.45) is 5.10 Å². The summed E-state index contributed by atoms with van der Waals surface area (Å²) < 4.78 is 5.32. The van der Waals surface area contributed by atoms with E-state index in [1.54, 1.807) is 42.6 Å². The Balaban J connectivity index is 2.00. The maximum Gasteiger partial charge on any atom is 0.161 e. The lowest BCUT2D eigenvalue weighted by atomic mass is 10.2. The van der Waals surface area contributed by atoms with Crippen LogP contribution in [0.5, 0.6) is 11.5 Å². The number of aromatic hydroxyl groups is 1. The lowest BCUT2D eigenvalue weighted by Crippen LogP contribution is -2.06. The highest BCUT2D eigenvalue weighted by Crippen LogP contribution is 2.26. The quantitative estimate of drug-likeness (QED) is 0.612. The first-order valence-corrected chi connectivity index (χ1v) is 7.52. The van der Waals surface area contributed by atoms with E-state index in [0.29, 0.717) is 28.9 Å². The third-order valence-electron chi connectivity index (χ3n) is 2.91. The summed E-state index contributed by atoms with van der Waals surface area (Å²) in [5.41, 5.74) is 4.49. The van der Waals surface area contributed by atoms with Gasteiger partial charge in [-0.1, -0.05) is 29.3 Å². The van der Waals surface area contributed by atoms with Crippen LogP contribution in [-0.2, 0) is 6.54 Å². The minimum Gasteiger partial charge on any atom is -0.504 e. The van der Waals surface area contributed by atoms with Crippen LogP contribution >= 0.6 is 23.2 Å². The minimum atomic E-state index is 0.106. The van der Waals surface area contributed by atoms with Crippen LogP contribution in [0, 0.1) is 0 Å². The van der Waals surface area contributed by atoms with Crippen molar-refractivity contribution in [3.63, 3.8) is 0 Å². The Morgan fingerprint density at radius 1 is 1.23 bits per heavy atom. The molecule has 0 aromatic heterocycles. The summed E-state index contributed by atoms with van der Waals surface area (Å²) in [6.45, 7) is 2.76. The number of ether oxygens (including phenoxy) is 1. The van der Waals surface area contributed by atoms with Gasteiger partial charge in [-0.25, -0.2) is 0 Å². The lowest BCUT2D eigenvalue weighted by Gasteiger charge is -2.07. The number of phenolic OH excluding ortho intramolecular Hbond substituents is 1. The van der Waals surface area contributed by atoms with E-state index in [2.05, 4.69) is 10.5 Å². The standard InChI is InChI=1S/C16H16Cl2N2O2/c1-2-22-16-8-11(6-7-15(16)21)9-19-20-10-12-13(17)4-3-5-14(12)18/h3-9,20-21H,2,10H2,1H3/b19-9-. The maximum absolute atomic E-state index is 9.63. The van der Waals surface area contributed by atoms with Crippen molar-refractivity contribution >= 4 is 29.4 Å². The predicted molar refractivity (Wildman–Crippen MR) is 90.2 cm³/mol. The van der Waals surface area contributed by atoms with Gasteiger partial charge >= 0.3 is 0 Å². The van der Waals surface area contributed by atoms with Crippen molar-refractivity contribution in [3.05, 3.63) is 57.6 Å². The fourth-order valence-corrected chi connectivity index (χ4v) is 2.36. The molecule has 0 radical (unpaired) electrons. The zero-order chi connectivity index (χ0) is 15.9. The number of nitrogens with zero attached hydrogens (tertiary/aromatic N) is 1. The number of halogens is 2. The van der Waals surface area contributed by atoms with Crippen LogP contribution in [0.25, 0.3) is 0 Å². The van der Waals surface area contributed by atoms with Crippen LogP contribution in [0.3, 0.4) is 0 Å². The number of hydrogen-bond donors (Lipinski definition) is 2. The molecule has 0 fully saturated rings. The summed E-state index contributed by atoms with van der Waals surface area (Å²) in [6.07, 6.45) is 1.63. The summed E-state index contributed by atoms with van der Waals surface area (Å²) in [6, 6.07) is 10.4. The van der Waals surface area contributed by atoms with Crippen LogP contribution < -0.4 is 10.2 Å². The molecular formula is C16H16Cl2N2O2. The molecule has 0 unspecified atom stereocenters. The number of phenols is 1. The first-order valence-electron chi connectivity index (χ1n) is 6.76.